The van der Waals surface area contributed by atoms with Crippen LogP contribution >= 0.6 is 11.3 Å². The summed E-state index contributed by atoms with van der Waals surface area (Å²) >= 11 is 1.72. The number of rotatable bonds is 8. The minimum Gasteiger partial charge on any atom is -0.381 e. The molecule has 0 atom stereocenters. The summed E-state index contributed by atoms with van der Waals surface area (Å²) in [5.41, 5.74) is 1.17. The van der Waals surface area contributed by atoms with E-state index >= 15 is 0 Å². The molecule has 5 nitrogen and oxygen atoms in total. The number of ether oxygens (including phenoxy) is 1. The van der Waals surface area contributed by atoms with Crippen LogP contribution in [0.25, 0.3) is 0 Å². The largest absolute Gasteiger partial charge is 0.381 e. The zero-order chi connectivity index (χ0) is 17.3. The number of nitrogens with zero attached hydrogens (tertiary/aromatic N) is 2. The Kier molecular flexibility index (Phi) is 8.55. The molecular formula is C17H32N4OS. The van der Waals surface area contributed by atoms with Crippen molar-refractivity contribution in [2.24, 2.45) is 10.9 Å². The lowest BCUT2D eigenvalue weighted by atomic mass is 9.98. The summed E-state index contributed by atoms with van der Waals surface area (Å²) < 4.78 is 5.57. The van der Waals surface area contributed by atoms with Crippen molar-refractivity contribution >= 4 is 17.3 Å². The first-order valence-electron chi connectivity index (χ1n) is 8.30. The quantitative estimate of drug-likeness (QED) is 0.433. The Morgan fingerprint density at radius 3 is 2.65 bits per heavy atom. The third-order valence-corrected chi connectivity index (χ3v) is 4.38. The van der Waals surface area contributed by atoms with Crippen molar-refractivity contribution < 1.29 is 4.74 Å². The average molecular weight is 341 g/mol. The normalized spacial score (nSPS) is 12.7. The SMILES string of the molecule is CN=C(NCCCOCC(C)C)NCc1csc(C(C)(C)C)n1. The maximum absolute atomic E-state index is 5.57. The van der Waals surface area contributed by atoms with E-state index in [1.807, 2.05) is 0 Å². The highest BCUT2D eigenvalue weighted by atomic mass is 32.1. The molecule has 1 aromatic rings. The molecular weight excluding hydrogens is 308 g/mol. The van der Waals surface area contributed by atoms with Crippen LogP contribution in [0.3, 0.4) is 0 Å². The number of hydrogen-bond acceptors (Lipinski definition) is 4. The van der Waals surface area contributed by atoms with Gasteiger partial charge < -0.3 is 15.4 Å². The number of aliphatic imine (C=N–C) groups is 1. The fraction of sp³-hybridized carbons (Fsp3) is 0.765. The van der Waals surface area contributed by atoms with E-state index < -0.39 is 0 Å². The van der Waals surface area contributed by atoms with Gasteiger partial charge in [0.15, 0.2) is 5.96 Å². The van der Waals surface area contributed by atoms with Gasteiger partial charge in [0.1, 0.15) is 0 Å². The zero-order valence-corrected chi connectivity index (χ0v) is 16.2. The standard InChI is InChI=1S/C17H32N4OS/c1-13(2)11-22-9-7-8-19-16(18-6)20-10-14-12-23-15(21-14)17(3,4)5/h12-13H,7-11H2,1-6H3,(H2,18,19,20). The van der Waals surface area contributed by atoms with E-state index in [1.165, 1.54) is 5.01 Å². The predicted octanol–water partition coefficient (Wildman–Crippen LogP) is 3.17. The topological polar surface area (TPSA) is 58.5 Å². The van der Waals surface area contributed by atoms with E-state index in [-0.39, 0.29) is 5.41 Å². The monoisotopic (exact) mass is 340 g/mol. The zero-order valence-electron chi connectivity index (χ0n) is 15.4. The summed E-state index contributed by atoms with van der Waals surface area (Å²) in [6.45, 7) is 14.0. The molecule has 0 aliphatic rings. The molecule has 1 rings (SSSR count). The van der Waals surface area contributed by atoms with Gasteiger partial charge in [0.25, 0.3) is 0 Å². The summed E-state index contributed by atoms with van der Waals surface area (Å²) in [6, 6.07) is 0. The van der Waals surface area contributed by atoms with Gasteiger partial charge in [-0.25, -0.2) is 4.98 Å². The summed E-state index contributed by atoms with van der Waals surface area (Å²) in [7, 11) is 1.78. The number of guanidine groups is 1. The molecule has 0 radical (unpaired) electrons. The van der Waals surface area contributed by atoms with Gasteiger partial charge in [0.2, 0.25) is 0 Å². The van der Waals surface area contributed by atoms with Gasteiger partial charge in [0, 0.05) is 37.6 Å². The minimum absolute atomic E-state index is 0.110. The van der Waals surface area contributed by atoms with Crippen molar-refractivity contribution in [3.05, 3.63) is 16.1 Å². The maximum Gasteiger partial charge on any atom is 0.191 e. The Morgan fingerprint density at radius 1 is 1.35 bits per heavy atom. The van der Waals surface area contributed by atoms with Crippen LogP contribution in [0.1, 0.15) is 51.7 Å². The second-order valence-corrected chi connectivity index (χ2v) is 7.93. The second-order valence-electron chi connectivity index (χ2n) is 7.07. The number of hydrogen-bond donors (Lipinski definition) is 2. The molecule has 0 amide bonds. The van der Waals surface area contributed by atoms with E-state index in [4.69, 9.17) is 4.74 Å². The van der Waals surface area contributed by atoms with Crippen LogP contribution in [0.5, 0.6) is 0 Å². The molecule has 0 aliphatic heterocycles. The minimum atomic E-state index is 0.110. The van der Waals surface area contributed by atoms with Crippen LogP contribution in [0.4, 0.5) is 0 Å². The van der Waals surface area contributed by atoms with E-state index in [2.05, 4.69) is 60.6 Å². The molecule has 0 bridgehead atoms. The Bertz CT molecular complexity index is 477. The molecule has 1 heterocycles. The number of aromatic nitrogens is 1. The second kappa shape index (κ2) is 9.88. The molecule has 6 heteroatoms. The van der Waals surface area contributed by atoms with Crippen LogP contribution in [0.15, 0.2) is 10.4 Å². The lowest BCUT2D eigenvalue weighted by Gasteiger charge is -2.14. The third-order valence-electron chi connectivity index (χ3n) is 3.06. The number of nitrogens with one attached hydrogen (secondary N) is 2. The third kappa shape index (κ3) is 8.32. The van der Waals surface area contributed by atoms with Gasteiger partial charge in [-0.2, -0.15) is 0 Å². The van der Waals surface area contributed by atoms with Crippen LogP contribution in [0.2, 0.25) is 0 Å². The first kappa shape index (κ1) is 19.9. The van der Waals surface area contributed by atoms with Crippen molar-refractivity contribution in [2.75, 3.05) is 26.8 Å². The molecule has 0 fully saturated rings. The summed E-state index contributed by atoms with van der Waals surface area (Å²) in [6.07, 6.45) is 0.971. The highest BCUT2D eigenvalue weighted by Gasteiger charge is 2.17. The Balaban J connectivity index is 2.25. The van der Waals surface area contributed by atoms with Crippen LogP contribution in [0, 0.1) is 5.92 Å². The highest BCUT2D eigenvalue weighted by molar-refractivity contribution is 7.09. The molecule has 0 saturated heterocycles. The number of thiazole rings is 1. The molecule has 0 aliphatic carbocycles. The molecule has 0 aromatic carbocycles. The summed E-state index contributed by atoms with van der Waals surface area (Å²) in [5, 5.41) is 9.88. The van der Waals surface area contributed by atoms with Crippen molar-refractivity contribution in [3.63, 3.8) is 0 Å². The van der Waals surface area contributed by atoms with Gasteiger partial charge in [-0.15, -0.1) is 11.3 Å². The predicted molar refractivity (Wildman–Crippen MR) is 99.3 cm³/mol. The average Bonchev–Trinajstić information content (AvgIpc) is 2.94. The molecule has 0 unspecified atom stereocenters. The van der Waals surface area contributed by atoms with Crippen molar-refractivity contribution in [2.45, 2.75) is 53.0 Å². The first-order chi connectivity index (χ1) is 10.8. The lowest BCUT2D eigenvalue weighted by Crippen LogP contribution is -2.37. The molecule has 0 spiro atoms. The molecule has 132 valence electrons. The van der Waals surface area contributed by atoms with Gasteiger partial charge in [-0.1, -0.05) is 34.6 Å². The summed E-state index contributed by atoms with van der Waals surface area (Å²) in [5.74, 6) is 1.40. The summed E-state index contributed by atoms with van der Waals surface area (Å²) in [4.78, 5) is 8.91. The van der Waals surface area contributed by atoms with Crippen molar-refractivity contribution in [3.8, 4) is 0 Å². The van der Waals surface area contributed by atoms with Crippen LogP contribution in [-0.4, -0.2) is 37.7 Å². The maximum atomic E-state index is 5.57. The molecule has 1 aromatic heterocycles. The van der Waals surface area contributed by atoms with Crippen molar-refractivity contribution in [1.29, 1.82) is 0 Å². The van der Waals surface area contributed by atoms with Gasteiger partial charge >= 0.3 is 0 Å². The molecule has 0 saturated carbocycles. The highest BCUT2D eigenvalue weighted by Crippen LogP contribution is 2.25. The first-order valence-corrected chi connectivity index (χ1v) is 9.18. The van der Waals surface area contributed by atoms with E-state index in [9.17, 15) is 0 Å². The fourth-order valence-electron chi connectivity index (χ4n) is 1.83. The van der Waals surface area contributed by atoms with Crippen molar-refractivity contribution in [1.82, 2.24) is 15.6 Å². The van der Waals surface area contributed by atoms with E-state index in [0.29, 0.717) is 12.5 Å². The Labute approximate surface area is 145 Å². The Hall–Kier alpha value is -1.14. The smallest absolute Gasteiger partial charge is 0.191 e. The van der Waals surface area contributed by atoms with Crippen LogP contribution < -0.4 is 10.6 Å². The lowest BCUT2D eigenvalue weighted by molar-refractivity contribution is 0.108. The molecule has 2 N–H and O–H groups in total. The molecule has 23 heavy (non-hydrogen) atoms. The Morgan fingerprint density at radius 2 is 2.09 bits per heavy atom. The fourth-order valence-corrected chi connectivity index (χ4v) is 2.73. The van der Waals surface area contributed by atoms with Gasteiger partial charge in [-0.3, -0.25) is 4.99 Å². The van der Waals surface area contributed by atoms with E-state index in [0.717, 1.165) is 37.8 Å². The van der Waals surface area contributed by atoms with Gasteiger partial charge in [0.05, 0.1) is 17.2 Å². The van der Waals surface area contributed by atoms with E-state index in [1.54, 1.807) is 18.4 Å². The van der Waals surface area contributed by atoms with Gasteiger partial charge in [-0.05, 0) is 12.3 Å². The van der Waals surface area contributed by atoms with Crippen LogP contribution in [-0.2, 0) is 16.7 Å².